The topological polar surface area (TPSA) is 58.6 Å². The fourth-order valence-corrected chi connectivity index (χ4v) is 4.12. The van der Waals surface area contributed by atoms with Gasteiger partial charge in [-0.1, -0.05) is 23.7 Å². The van der Waals surface area contributed by atoms with Gasteiger partial charge in [0.2, 0.25) is 5.91 Å². The predicted octanol–water partition coefficient (Wildman–Crippen LogP) is 4.50. The molecule has 0 spiro atoms. The van der Waals surface area contributed by atoms with Crippen LogP contribution in [-0.2, 0) is 11.2 Å². The second-order valence-electron chi connectivity index (χ2n) is 7.13. The maximum absolute atomic E-state index is 12.7. The van der Waals surface area contributed by atoms with E-state index in [-0.39, 0.29) is 17.9 Å². The Kier molecular flexibility index (Phi) is 7.45. The summed E-state index contributed by atoms with van der Waals surface area (Å²) in [4.78, 5) is 27.0. The number of nitrogens with zero attached hydrogens (tertiary/aromatic N) is 1. The molecule has 0 unspecified atom stereocenters. The van der Waals surface area contributed by atoms with Gasteiger partial charge in [-0.3, -0.25) is 9.59 Å². The van der Waals surface area contributed by atoms with Crippen molar-refractivity contribution in [3.63, 3.8) is 0 Å². The zero-order valence-electron chi connectivity index (χ0n) is 16.6. The highest BCUT2D eigenvalue weighted by molar-refractivity contribution is 7.99. The van der Waals surface area contributed by atoms with E-state index in [1.807, 2.05) is 42.6 Å². The first-order valence-electron chi connectivity index (χ1n) is 9.64. The lowest BCUT2D eigenvalue weighted by molar-refractivity contribution is -0.130. The van der Waals surface area contributed by atoms with Crippen molar-refractivity contribution in [3.8, 4) is 5.75 Å². The molecule has 154 valence electrons. The molecular weight excluding hydrogens is 408 g/mol. The summed E-state index contributed by atoms with van der Waals surface area (Å²) in [6.45, 7) is 5.44. The van der Waals surface area contributed by atoms with Crippen molar-refractivity contribution in [2.24, 2.45) is 0 Å². The molecule has 2 aromatic carbocycles. The Morgan fingerprint density at radius 2 is 1.83 bits per heavy atom. The molecule has 1 N–H and O–H groups in total. The summed E-state index contributed by atoms with van der Waals surface area (Å²) in [5, 5.41) is 3.34. The molecule has 2 amide bonds. The SMILES string of the molecule is CC(C)Oc1ccc(Cl)cc1C(=O)Nc1ccc(CC(=O)N2CCSCC2)cc1. The van der Waals surface area contributed by atoms with Crippen LogP contribution in [0.3, 0.4) is 0 Å². The zero-order valence-corrected chi connectivity index (χ0v) is 18.2. The molecule has 0 aliphatic carbocycles. The summed E-state index contributed by atoms with van der Waals surface area (Å²) >= 11 is 7.94. The van der Waals surface area contributed by atoms with E-state index >= 15 is 0 Å². The lowest BCUT2D eigenvalue weighted by atomic mass is 10.1. The zero-order chi connectivity index (χ0) is 20.8. The van der Waals surface area contributed by atoms with E-state index in [1.54, 1.807) is 30.3 Å². The van der Waals surface area contributed by atoms with Crippen molar-refractivity contribution in [1.29, 1.82) is 0 Å². The predicted molar refractivity (Wildman–Crippen MR) is 119 cm³/mol. The third-order valence-corrected chi connectivity index (χ3v) is 5.66. The van der Waals surface area contributed by atoms with Crippen LogP contribution in [0.15, 0.2) is 42.5 Å². The van der Waals surface area contributed by atoms with E-state index < -0.39 is 0 Å². The minimum absolute atomic E-state index is 0.0574. The number of nitrogens with one attached hydrogen (secondary N) is 1. The van der Waals surface area contributed by atoms with Gasteiger partial charge in [0.05, 0.1) is 18.1 Å². The van der Waals surface area contributed by atoms with Crippen molar-refractivity contribution >= 4 is 40.9 Å². The number of ether oxygens (including phenoxy) is 1. The Labute approximate surface area is 180 Å². The van der Waals surface area contributed by atoms with E-state index in [4.69, 9.17) is 16.3 Å². The fourth-order valence-electron chi connectivity index (χ4n) is 3.04. The molecule has 7 heteroatoms. The van der Waals surface area contributed by atoms with E-state index in [1.165, 1.54) is 0 Å². The molecule has 0 radical (unpaired) electrons. The molecule has 0 atom stereocenters. The van der Waals surface area contributed by atoms with Crippen molar-refractivity contribution in [3.05, 3.63) is 58.6 Å². The Hall–Kier alpha value is -2.18. The van der Waals surface area contributed by atoms with Gasteiger partial charge < -0.3 is 15.0 Å². The van der Waals surface area contributed by atoms with Crippen LogP contribution in [0.2, 0.25) is 5.02 Å². The molecular formula is C22H25ClN2O3S. The summed E-state index contributed by atoms with van der Waals surface area (Å²) in [5.41, 5.74) is 1.96. The normalized spacial score (nSPS) is 14.0. The number of benzene rings is 2. The first-order valence-corrected chi connectivity index (χ1v) is 11.2. The van der Waals surface area contributed by atoms with Gasteiger partial charge >= 0.3 is 0 Å². The first-order chi connectivity index (χ1) is 13.9. The van der Waals surface area contributed by atoms with Crippen molar-refractivity contribution in [2.75, 3.05) is 29.9 Å². The van der Waals surface area contributed by atoms with Gasteiger partial charge in [-0.05, 0) is 49.7 Å². The Morgan fingerprint density at radius 1 is 1.14 bits per heavy atom. The van der Waals surface area contributed by atoms with E-state index in [0.29, 0.717) is 28.4 Å². The number of hydrogen-bond acceptors (Lipinski definition) is 4. The molecule has 5 nitrogen and oxygen atoms in total. The van der Waals surface area contributed by atoms with Crippen LogP contribution in [0.25, 0.3) is 0 Å². The molecule has 1 aliphatic heterocycles. The van der Waals surface area contributed by atoms with Crippen molar-refractivity contribution in [1.82, 2.24) is 4.90 Å². The second kappa shape index (κ2) is 10.0. The monoisotopic (exact) mass is 432 g/mol. The molecule has 2 aromatic rings. The molecule has 1 saturated heterocycles. The van der Waals surface area contributed by atoms with Gasteiger partial charge in [0.15, 0.2) is 0 Å². The maximum Gasteiger partial charge on any atom is 0.259 e. The highest BCUT2D eigenvalue weighted by atomic mass is 35.5. The van der Waals surface area contributed by atoms with Crippen LogP contribution in [0.4, 0.5) is 5.69 Å². The highest BCUT2D eigenvalue weighted by Crippen LogP contribution is 2.25. The number of hydrogen-bond donors (Lipinski definition) is 1. The molecule has 1 aliphatic rings. The molecule has 3 rings (SSSR count). The number of carbonyl (C=O) groups excluding carboxylic acids is 2. The quantitative estimate of drug-likeness (QED) is 0.730. The minimum Gasteiger partial charge on any atom is -0.490 e. The van der Waals surface area contributed by atoms with Gasteiger partial charge in [-0.25, -0.2) is 0 Å². The van der Waals surface area contributed by atoms with Crippen molar-refractivity contribution < 1.29 is 14.3 Å². The average molecular weight is 433 g/mol. The van der Waals surface area contributed by atoms with E-state index in [9.17, 15) is 9.59 Å². The smallest absolute Gasteiger partial charge is 0.259 e. The summed E-state index contributed by atoms with van der Waals surface area (Å²) in [6, 6.07) is 12.3. The van der Waals surface area contributed by atoms with Gasteiger partial charge in [0.1, 0.15) is 5.75 Å². The molecule has 0 aromatic heterocycles. The lowest BCUT2D eigenvalue weighted by Crippen LogP contribution is -2.38. The fraction of sp³-hybridized carbons (Fsp3) is 0.364. The standard InChI is InChI=1S/C22H25ClN2O3S/c1-15(2)28-20-8-5-17(23)14-19(20)22(27)24-18-6-3-16(4-7-18)13-21(26)25-9-11-29-12-10-25/h3-8,14-15H,9-13H2,1-2H3,(H,24,27). The summed E-state index contributed by atoms with van der Waals surface area (Å²) in [6.07, 6.45) is 0.317. The molecule has 0 bridgehead atoms. The largest absolute Gasteiger partial charge is 0.490 e. The van der Waals surface area contributed by atoms with Crippen molar-refractivity contribution in [2.45, 2.75) is 26.4 Å². The van der Waals surface area contributed by atoms with Crippen LogP contribution in [-0.4, -0.2) is 47.4 Å². The van der Waals surface area contributed by atoms with Gasteiger partial charge in [0.25, 0.3) is 5.91 Å². The number of amides is 2. The highest BCUT2D eigenvalue weighted by Gasteiger charge is 2.17. The summed E-state index contributed by atoms with van der Waals surface area (Å²) < 4.78 is 5.72. The number of anilines is 1. The first kappa shape index (κ1) is 21.5. The third-order valence-electron chi connectivity index (χ3n) is 4.48. The molecule has 0 saturated carbocycles. The van der Waals surface area contributed by atoms with Crippen LogP contribution >= 0.6 is 23.4 Å². The van der Waals surface area contributed by atoms with Crippen LogP contribution in [0, 0.1) is 0 Å². The van der Waals surface area contributed by atoms with E-state index in [0.717, 1.165) is 30.2 Å². The third kappa shape index (κ3) is 6.15. The molecule has 1 fully saturated rings. The lowest BCUT2D eigenvalue weighted by Gasteiger charge is -2.26. The Morgan fingerprint density at radius 3 is 2.48 bits per heavy atom. The number of halogens is 1. The van der Waals surface area contributed by atoms with Crippen LogP contribution in [0.5, 0.6) is 5.75 Å². The second-order valence-corrected chi connectivity index (χ2v) is 8.79. The van der Waals surface area contributed by atoms with Gasteiger partial charge in [-0.15, -0.1) is 0 Å². The number of rotatable bonds is 6. The number of thioether (sulfide) groups is 1. The summed E-state index contributed by atoms with van der Waals surface area (Å²) in [5.74, 6) is 2.35. The maximum atomic E-state index is 12.7. The Bertz CT molecular complexity index is 865. The minimum atomic E-state index is -0.294. The molecule has 29 heavy (non-hydrogen) atoms. The van der Waals surface area contributed by atoms with E-state index in [2.05, 4.69) is 5.32 Å². The van der Waals surface area contributed by atoms with Crippen LogP contribution in [0.1, 0.15) is 29.8 Å². The van der Waals surface area contributed by atoms with Crippen LogP contribution < -0.4 is 10.1 Å². The average Bonchev–Trinajstić information content (AvgIpc) is 2.71. The summed E-state index contributed by atoms with van der Waals surface area (Å²) in [7, 11) is 0. The number of carbonyl (C=O) groups is 2. The van der Waals surface area contributed by atoms with Gasteiger partial charge in [0, 0.05) is 35.3 Å². The van der Waals surface area contributed by atoms with Gasteiger partial charge in [-0.2, -0.15) is 11.8 Å². The Balaban J connectivity index is 1.64. The molecule has 1 heterocycles.